The number of rotatable bonds is 2. The van der Waals surface area contributed by atoms with Crippen LogP contribution in [0.4, 0.5) is 0 Å². The summed E-state index contributed by atoms with van der Waals surface area (Å²) >= 11 is 5.81. The molecule has 2 aromatic heterocycles. The Labute approximate surface area is 86.5 Å². The summed E-state index contributed by atoms with van der Waals surface area (Å²) in [5.74, 6) is 1.49. The molecule has 72 valence electrons. The van der Waals surface area contributed by atoms with Gasteiger partial charge in [-0.05, 0) is 18.2 Å². The second-order valence-corrected chi connectivity index (χ2v) is 3.30. The molecule has 14 heavy (non-hydrogen) atoms. The molecule has 0 unspecified atom stereocenters. The highest BCUT2D eigenvalue weighted by Crippen LogP contribution is 2.23. The van der Waals surface area contributed by atoms with Gasteiger partial charge in [-0.3, -0.25) is 4.98 Å². The maximum atomic E-state index is 5.81. The Bertz CT molecular complexity index is 439. The monoisotopic (exact) mass is 208 g/mol. The third-order valence-corrected chi connectivity index (χ3v) is 2.06. The fourth-order valence-corrected chi connectivity index (χ4v) is 1.36. The van der Waals surface area contributed by atoms with Crippen LogP contribution in [-0.2, 0) is 6.54 Å². The van der Waals surface area contributed by atoms with E-state index in [1.54, 1.807) is 18.5 Å². The highest BCUT2D eigenvalue weighted by atomic mass is 35.5. The van der Waals surface area contributed by atoms with Crippen LogP contribution < -0.4 is 5.73 Å². The smallest absolute Gasteiger partial charge is 0.135 e. The number of furan rings is 1. The Hall–Kier alpha value is -1.32. The molecule has 0 spiro atoms. The minimum Gasteiger partial charge on any atom is -0.460 e. The lowest BCUT2D eigenvalue weighted by molar-refractivity contribution is 0.525. The largest absolute Gasteiger partial charge is 0.460 e. The molecule has 0 atom stereocenters. The Morgan fingerprint density at radius 2 is 2.21 bits per heavy atom. The number of nitrogens with two attached hydrogens (primary N) is 1. The predicted molar refractivity (Wildman–Crippen MR) is 54.8 cm³/mol. The number of halogens is 1. The highest BCUT2D eigenvalue weighted by Gasteiger charge is 2.04. The Balaban J connectivity index is 2.39. The van der Waals surface area contributed by atoms with Crippen molar-refractivity contribution in [1.29, 1.82) is 0 Å². The van der Waals surface area contributed by atoms with Crippen LogP contribution in [0.2, 0.25) is 5.02 Å². The van der Waals surface area contributed by atoms with Gasteiger partial charge in [0.1, 0.15) is 11.5 Å². The summed E-state index contributed by atoms with van der Waals surface area (Å²) in [5.41, 5.74) is 6.29. The summed E-state index contributed by atoms with van der Waals surface area (Å²) in [6.45, 7) is 0.397. The van der Waals surface area contributed by atoms with Gasteiger partial charge in [0.05, 0.1) is 11.6 Å². The number of pyridine rings is 1. The van der Waals surface area contributed by atoms with Crippen molar-refractivity contribution < 1.29 is 4.42 Å². The first-order valence-corrected chi connectivity index (χ1v) is 4.57. The molecular formula is C10H9ClN2O. The molecule has 2 aromatic rings. The zero-order chi connectivity index (χ0) is 9.97. The predicted octanol–water partition coefficient (Wildman–Crippen LogP) is 2.45. The molecule has 0 aromatic carbocycles. The van der Waals surface area contributed by atoms with Crippen molar-refractivity contribution in [3.05, 3.63) is 41.4 Å². The van der Waals surface area contributed by atoms with Crippen LogP contribution in [-0.4, -0.2) is 4.98 Å². The molecule has 0 saturated carbocycles. The van der Waals surface area contributed by atoms with E-state index in [9.17, 15) is 0 Å². The van der Waals surface area contributed by atoms with Crippen molar-refractivity contribution in [3.8, 4) is 11.3 Å². The molecule has 4 heteroatoms. The van der Waals surface area contributed by atoms with Gasteiger partial charge < -0.3 is 10.2 Å². The maximum Gasteiger partial charge on any atom is 0.135 e. The summed E-state index contributed by atoms with van der Waals surface area (Å²) in [5, 5.41) is 0.591. The lowest BCUT2D eigenvalue weighted by Crippen LogP contribution is -1.92. The van der Waals surface area contributed by atoms with Crippen molar-refractivity contribution in [2.75, 3.05) is 0 Å². The Morgan fingerprint density at radius 3 is 2.86 bits per heavy atom. The van der Waals surface area contributed by atoms with Gasteiger partial charge in [-0.25, -0.2) is 0 Å². The summed E-state index contributed by atoms with van der Waals surface area (Å²) < 4.78 is 5.45. The van der Waals surface area contributed by atoms with Gasteiger partial charge in [0.25, 0.3) is 0 Å². The van der Waals surface area contributed by atoms with Gasteiger partial charge >= 0.3 is 0 Å². The van der Waals surface area contributed by atoms with E-state index in [-0.39, 0.29) is 0 Å². The molecule has 0 bridgehead atoms. The number of nitrogens with zero attached hydrogens (tertiary/aromatic N) is 1. The van der Waals surface area contributed by atoms with Crippen LogP contribution in [0.3, 0.4) is 0 Å². The van der Waals surface area contributed by atoms with E-state index >= 15 is 0 Å². The van der Waals surface area contributed by atoms with Gasteiger partial charge in [-0.15, -0.1) is 0 Å². The number of aromatic nitrogens is 1. The van der Waals surface area contributed by atoms with E-state index in [1.165, 1.54) is 0 Å². The summed E-state index contributed by atoms with van der Waals surface area (Å²) in [7, 11) is 0. The summed E-state index contributed by atoms with van der Waals surface area (Å²) in [6.07, 6.45) is 3.28. The minimum absolute atomic E-state index is 0.397. The van der Waals surface area contributed by atoms with Crippen molar-refractivity contribution in [2.45, 2.75) is 6.54 Å². The summed E-state index contributed by atoms with van der Waals surface area (Å²) in [4.78, 5) is 3.97. The second-order valence-electron chi connectivity index (χ2n) is 2.86. The van der Waals surface area contributed by atoms with Crippen LogP contribution >= 0.6 is 11.6 Å². The molecule has 2 heterocycles. The molecule has 0 aliphatic carbocycles. The quantitative estimate of drug-likeness (QED) is 0.825. The number of hydrogen-bond donors (Lipinski definition) is 1. The van der Waals surface area contributed by atoms with Gasteiger partial charge in [0.15, 0.2) is 0 Å². The van der Waals surface area contributed by atoms with Crippen molar-refractivity contribution in [2.24, 2.45) is 5.73 Å². The number of hydrogen-bond acceptors (Lipinski definition) is 3. The van der Waals surface area contributed by atoms with Gasteiger partial charge in [0, 0.05) is 18.0 Å². The average Bonchev–Trinajstić information content (AvgIpc) is 2.66. The highest BCUT2D eigenvalue weighted by molar-refractivity contribution is 6.30. The van der Waals surface area contributed by atoms with Crippen LogP contribution in [0.15, 0.2) is 35.0 Å². The molecule has 0 amide bonds. The van der Waals surface area contributed by atoms with Gasteiger partial charge in [-0.2, -0.15) is 0 Å². The fourth-order valence-electron chi connectivity index (χ4n) is 1.19. The molecule has 0 radical (unpaired) electrons. The maximum absolute atomic E-state index is 5.81. The van der Waals surface area contributed by atoms with Crippen LogP contribution in [0.5, 0.6) is 0 Å². The van der Waals surface area contributed by atoms with E-state index < -0.39 is 0 Å². The molecule has 3 nitrogen and oxygen atoms in total. The first kappa shape index (κ1) is 9.24. The molecular weight excluding hydrogens is 200 g/mol. The van der Waals surface area contributed by atoms with E-state index in [0.717, 1.165) is 17.1 Å². The fraction of sp³-hybridized carbons (Fsp3) is 0.100. The lowest BCUT2D eigenvalue weighted by Gasteiger charge is -1.96. The SMILES string of the molecule is NCc1ccc(-c2cncc(Cl)c2)o1. The molecule has 2 N–H and O–H groups in total. The first-order chi connectivity index (χ1) is 6.79. The molecule has 0 fully saturated rings. The van der Waals surface area contributed by atoms with Crippen molar-refractivity contribution in [1.82, 2.24) is 4.98 Å². The van der Waals surface area contributed by atoms with E-state index in [0.29, 0.717) is 11.6 Å². The third kappa shape index (κ3) is 1.78. The van der Waals surface area contributed by atoms with Gasteiger partial charge in [0.2, 0.25) is 0 Å². The van der Waals surface area contributed by atoms with Crippen LogP contribution in [0, 0.1) is 0 Å². The third-order valence-electron chi connectivity index (χ3n) is 1.85. The molecule has 2 rings (SSSR count). The van der Waals surface area contributed by atoms with E-state index in [2.05, 4.69) is 4.98 Å². The first-order valence-electron chi connectivity index (χ1n) is 4.19. The normalized spacial score (nSPS) is 10.4. The van der Waals surface area contributed by atoms with Crippen LogP contribution in [0.25, 0.3) is 11.3 Å². The van der Waals surface area contributed by atoms with Crippen molar-refractivity contribution in [3.63, 3.8) is 0 Å². The lowest BCUT2D eigenvalue weighted by atomic mass is 10.2. The summed E-state index contributed by atoms with van der Waals surface area (Å²) in [6, 6.07) is 5.50. The minimum atomic E-state index is 0.397. The average molecular weight is 209 g/mol. The topological polar surface area (TPSA) is 52.0 Å². The zero-order valence-electron chi connectivity index (χ0n) is 7.40. The van der Waals surface area contributed by atoms with E-state index in [1.807, 2.05) is 12.1 Å². The Morgan fingerprint density at radius 1 is 1.36 bits per heavy atom. The van der Waals surface area contributed by atoms with E-state index in [4.69, 9.17) is 21.8 Å². The van der Waals surface area contributed by atoms with Crippen molar-refractivity contribution >= 4 is 11.6 Å². The molecule has 0 aliphatic heterocycles. The van der Waals surface area contributed by atoms with Gasteiger partial charge in [-0.1, -0.05) is 11.6 Å². The Kier molecular flexibility index (Phi) is 2.52. The van der Waals surface area contributed by atoms with Crippen LogP contribution in [0.1, 0.15) is 5.76 Å². The second kappa shape index (κ2) is 3.82. The standard InChI is InChI=1S/C10H9ClN2O/c11-8-3-7(5-13-6-8)10-2-1-9(4-12)14-10/h1-3,5-6H,4,12H2. The molecule has 0 saturated heterocycles. The molecule has 0 aliphatic rings. The zero-order valence-corrected chi connectivity index (χ0v) is 8.16.